The molecule has 0 amide bonds. The van der Waals surface area contributed by atoms with Gasteiger partial charge in [-0.25, -0.2) is 0 Å². The summed E-state index contributed by atoms with van der Waals surface area (Å²) in [5.41, 5.74) is 0.545. The molecule has 1 fully saturated rings. The molecular weight excluding hydrogens is 138 g/mol. The van der Waals surface area contributed by atoms with Gasteiger partial charge in [0.25, 0.3) is 0 Å². The average molecular weight is 157 g/mol. The minimum absolute atomic E-state index is 0.238. The molecule has 2 heteroatoms. The highest BCUT2D eigenvalue weighted by Gasteiger charge is 2.47. The maximum atomic E-state index is 5.25. The number of nitrogens with one attached hydrogen (secondary N) is 1. The van der Waals surface area contributed by atoms with Gasteiger partial charge in [-0.1, -0.05) is 27.7 Å². The maximum Gasteiger partial charge on any atom is 0.0702 e. The van der Waals surface area contributed by atoms with Crippen LogP contribution in [-0.2, 0) is 4.74 Å². The summed E-state index contributed by atoms with van der Waals surface area (Å²) in [7, 11) is 0. The van der Waals surface area contributed by atoms with Crippen LogP contribution < -0.4 is 5.32 Å². The molecule has 0 aromatic carbocycles. The van der Waals surface area contributed by atoms with Crippen molar-refractivity contribution in [3.05, 3.63) is 0 Å². The molecule has 0 saturated carbocycles. The molecule has 0 aliphatic carbocycles. The average Bonchev–Trinajstić information content (AvgIpc) is 1.75. The molecular formula is C9H19NO. The first-order valence-corrected chi connectivity index (χ1v) is 4.35. The molecule has 0 bridgehead atoms. The fourth-order valence-electron chi connectivity index (χ4n) is 1.44. The number of hydrogen-bond donors (Lipinski definition) is 1. The summed E-state index contributed by atoms with van der Waals surface area (Å²) in [4.78, 5) is 0. The van der Waals surface area contributed by atoms with E-state index in [1.165, 1.54) is 0 Å². The van der Waals surface area contributed by atoms with Gasteiger partial charge >= 0.3 is 0 Å². The Balaban J connectivity index is 2.60. The van der Waals surface area contributed by atoms with Crippen molar-refractivity contribution in [1.82, 2.24) is 5.32 Å². The van der Waals surface area contributed by atoms with Gasteiger partial charge in [-0.2, -0.15) is 0 Å². The van der Waals surface area contributed by atoms with E-state index >= 15 is 0 Å². The molecule has 1 aliphatic rings. The van der Waals surface area contributed by atoms with Crippen LogP contribution in [0.5, 0.6) is 0 Å². The Morgan fingerprint density at radius 1 is 1.36 bits per heavy atom. The second-order valence-electron chi connectivity index (χ2n) is 4.36. The fourth-order valence-corrected chi connectivity index (χ4v) is 1.44. The minimum Gasteiger partial charge on any atom is -0.377 e. The lowest BCUT2D eigenvalue weighted by atomic mass is 9.72. The van der Waals surface area contributed by atoms with Crippen molar-refractivity contribution < 1.29 is 4.74 Å². The van der Waals surface area contributed by atoms with Crippen LogP contribution in [0, 0.1) is 5.41 Å². The zero-order valence-corrected chi connectivity index (χ0v) is 8.03. The molecule has 1 aliphatic heterocycles. The van der Waals surface area contributed by atoms with Gasteiger partial charge in [0.2, 0.25) is 0 Å². The van der Waals surface area contributed by atoms with Crippen LogP contribution in [0.3, 0.4) is 0 Å². The normalized spacial score (nSPS) is 22.9. The van der Waals surface area contributed by atoms with Crippen molar-refractivity contribution in [2.24, 2.45) is 5.41 Å². The van der Waals surface area contributed by atoms with E-state index in [-0.39, 0.29) is 5.54 Å². The molecule has 1 saturated heterocycles. The van der Waals surface area contributed by atoms with E-state index in [1.807, 2.05) is 0 Å². The smallest absolute Gasteiger partial charge is 0.0702 e. The van der Waals surface area contributed by atoms with E-state index in [0.29, 0.717) is 5.41 Å². The van der Waals surface area contributed by atoms with Crippen molar-refractivity contribution in [3.8, 4) is 0 Å². The lowest BCUT2D eigenvalue weighted by Gasteiger charge is -2.51. The van der Waals surface area contributed by atoms with Gasteiger partial charge in [0.1, 0.15) is 0 Å². The van der Waals surface area contributed by atoms with Gasteiger partial charge in [-0.05, 0) is 12.0 Å². The van der Waals surface area contributed by atoms with Crippen molar-refractivity contribution in [2.75, 3.05) is 19.8 Å². The summed E-state index contributed by atoms with van der Waals surface area (Å²) in [6.07, 6.45) is 0. The van der Waals surface area contributed by atoms with Crippen LogP contribution in [0.15, 0.2) is 0 Å². The van der Waals surface area contributed by atoms with E-state index in [9.17, 15) is 0 Å². The molecule has 11 heavy (non-hydrogen) atoms. The summed E-state index contributed by atoms with van der Waals surface area (Å²) in [6.45, 7) is 11.7. The second kappa shape index (κ2) is 2.76. The first-order chi connectivity index (χ1) is 5.02. The first kappa shape index (κ1) is 9.01. The highest BCUT2D eigenvalue weighted by Crippen LogP contribution is 2.36. The molecule has 0 radical (unpaired) electrons. The molecule has 0 aromatic rings. The van der Waals surface area contributed by atoms with Gasteiger partial charge in [-0.15, -0.1) is 0 Å². The third kappa shape index (κ3) is 1.42. The van der Waals surface area contributed by atoms with Crippen LogP contribution in [0.1, 0.15) is 27.7 Å². The number of hydrogen-bond acceptors (Lipinski definition) is 2. The van der Waals surface area contributed by atoms with Crippen molar-refractivity contribution in [2.45, 2.75) is 33.2 Å². The van der Waals surface area contributed by atoms with E-state index in [2.05, 4.69) is 33.0 Å². The summed E-state index contributed by atoms with van der Waals surface area (Å²) in [6, 6.07) is 0. The van der Waals surface area contributed by atoms with Crippen LogP contribution in [0.25, 0.3) is 0 Å². The zero-order chi connectivity index (χ0) is 8.54. The third-order valence-electron chi connectivity index (χ3n) is 2.65. The Morgan fingerprint density at radius 2 is 1.91 bits per heavy atom. The van der Waals surface area contributed by atoms with Crippen LogP contribution in [-0.4, -0.2) is 25.3 Å². The quantitative estimate of drug-likeness (QED) is 0.654. The van der Waals surface area contributed by atoms with E-state index in [0.717, 1.165) is 19.8 Å². The molecule has 66 valence electrons. The number of ether oxygens (including phenoxy) is 1. The molecule has 0 spiro atoms. The lowest BCUT2D eigenvalue weighted by Crippen LogP contribution is -2.67. The Hall–Kier alpha value is -0.0800. The molecule has 0 atom stereocenters. The fraction of sp³-hybridized carbons (Fsp3) is 1.00. The molecule has 0 aromatic heterocycles. The Bertz CT molecular complexity index is 133. The minimum atomic E-state index is 0.238. The Labute approximate surface area is 69.3 Å². The van der Waals surface area contributed by atoms with Gasteiger partial charge in [0.15, 0.2) is 0 Å². The summed E-state index contributed by atoms with van der Waals surface area (Å²) in [5, 5.41) is 3.51. The van der Waals surface area contributed by atoms with Crippen LogP contribution in [0.4, 0.5) is 0 Å². The Kier molecular flexibility index (Phi) is 2.26. The third-order valence-corrected chi connectivity index (χ3v) is 2.65. The molecule has 2 nitrogen and oxygen atoms in total. The Morgan fingerprint density at radius 3 is 2.00 bits per heavy atom. The van der Waals surface area contributed by atoms with Crippen LogP contribution >= 0.6 is 0 Å². The van der Waals surface area contributed by atoms with E-state index < -0.39 is 0 Å². The summed E-state index contributed by atoms with van der Waals surface area (Å²) < 4.78 is 5.25. The standard InChI is InChI=1S/C9H19NO/c1-5-10-9(6-11-7-9)8(2,3)4/h10H,5-7H2,1-4H3. The molecule has 1 N–H and O–H groups in total. The van der Waals surface area contributed by atoms with Crippen molar-refractivity contribution in [3.63, 3.8) is 0 Å². The molecule has 0 unspecified atom stereocenters. The summed E-state index contributed by atoms with van der Waals surface area (Å²) in [5.74, 6) is 0. The highest BCUT2D eigenvalue weighted by atomic mass is 16.5. The maximum absolute atomic E-state index is 5.25. The number of rotatable bonds is 2. The molecule has 1 heterocycles. The van der Waals surface area contributed by atoms with Gasteiger partial charge < -0.3 is 10.1 Å². The predicted octanol–water partition coefficient (Wildman–Crippen LogP) is 1.41. The van der Waals surface area contributed by atoms with Crippen molar-refractivity contribution in [1.29, 1.82) is 0 Å². The van der Waals surface area contributed by atoms with Crippen molar-refractivity contribution >= 4 is 0 Å². The number of likely N-dealkylation sites (N-methyl/N-ethyl adjacent to an activating group) is 1. The van der Waals surface area contributed by atoms with E-state index in [4.69, 9.17) is 4.74 Å². The van der Waals surface area contributed by atoms with Gasteiger partial charge in [-0.3, -0.25) is 0 Å². The molecule has 1 rings (SSSR count). The van der Waals surface area contributed by atoms with Gasteiger partial charge in [0, 0.05) is 0 Å². The monoisotopic (exact) mass is 157 g/mol. The largest absolute Gasteiger partial charge is 0.377 e. The summed E-state index contributed by atoms with van der Waals surface area (Å²) >= 11 is 0. The predicted molar refractivity (Wildman–Crippen MR) is 46.7 cm³/mol. The topological polar surface area (TPSA) is 21.3 Å². The highest BCUT2D eigenvalue weighted by molar-refractivity contribution is 5.02. The van der Waals surface area contributed by atoms with E-state index in [1.54, 1.807) is 0 Å². The SMILES string of the molecule is CCNC1(C(C)(C)C)COC1. The first-order valence-electron chi connectivity index (χ1n) is 4.35. The second-order valence-corrected chi connectivity index (χ2v) is 4.36. The van der Waals surface area contributed by atoms with Gasteiger partial charge in [0.05, 0.1) is 18.8 Å². The zero-order valence-electron chi connectivity index (χ0n) is 8.03. The van der Waals surface area contributed by atoms with Crippen LogP contribution in [0.2, 0.25) is 0 Å². The lowest BCUT2D eigenvalue weighted by molar-refractivity contribution is -0.126.